The van der Waals surface area contributed by atoms with Crippen LogP contribution in [0.1, 0.15) is 0 Å². The molecule has 0 atom stereocenters. The Morgan fingerprint density at radius 3 is 1.22 bits per heavy atom. The van der Waals surface area contributed by atoms with Gasteiger partial charge in [-0.25, -0.2) is 0 Å². The molecule has 0 saturated heterocycles. The van der Waals surface area contributed by atoms with Crippen LogP contribution in [0.3, 0.4) is 0 Å². The summed E-state index contributed by atoms with van der Waals surface area (Å²) in [6, 6.07) is 19.5. The Hall–Kier alpha value is -3.80. The Balaban J connectivity index is 0.000000211. The number of nitrogens with one attached hydrogen (secondary N) is 2. The molecule has 0 unspecified atom stereocenters. The molecule has 0 amide bonds. The molecule has 0 saturated carbocycles. The van der Waals surface area contributed by atoms with Gasteiger partial charge in [0, 0.05) is 34.9 Å². The fourth-order valence-corrected chi connectivity index (χ4v) is 2.59. The molecule has 159 valence electrons. The van der Waals surface area contributed by atoms with Gasteiger partial charge in [-0.05, 0) is 48.6 Å². The molecule has 5 nitrogen and oxygen atoms in total. The summed E-state index contributed by atoms with van der Waals surface area (Å²) in [6.45, 7) is 0. The first-order valence-corrected chi connectivity index (χ1v) is 10.3. The van der Waals surface area contributed by atoms with Gasteiger partial charge in [-0.2, -0.15) is 0 Å². The molecule has 0 aromatic heterocycles. The number of anilines is 2. The van der Waals surface area contributed by atoms with Crippen LogP contribution in [0.5, 0.6) is 0 Å². The van der Waals surface area contributed by atoms with Gasteiger partial charge in [0.2, 0.25) is 0 Å². The minimum absolute atomic E-state index is 0.0286. The third-order valence-corrected chi connectivity index (χ3v) is 4.17. The third kappa shape index (κ3) is 8.52. The summed E-state index contributed by atoms with van der Waals surface area (Å²) in [6.07, 6.45) is 17.3. The topological polar surface area (TPSA) is 75.3 Å². The molecule has 2 aromatic rings. The third-order valence-electron chi connectivity index (χ3n) is 4.17. The van der Waals surface area contributed by atoms with Gasteiger partial charge in [-0.1, -0.05) is 60.7 Å². The zero-order valence-electron chi connectivity index (χ0n) is 17.2. The van der Waals surface area contributed by atoms with Crippen molar-refractivity contribution < 1.29 is 30.6 Å². The van der Waals surface area contributed by atoms with Crippen LogP contribution < -0.4 is 10.6 Å². The predicted molar refractivity (Wildman–Crippen MR) is 124 cm³/mol. The number of rotatable bonds is 4. The van der Waals surface area contributed by atoms with Crippen LogP contribution in [0.2, 0.25) is 0 Å². The molecule has 0 spiro atoms. The quantitative estimate of drug-likeness (QED) is 0.610. The Bertz CT molecular complexity index is 995. The van der Waals surface area contributed by atoms with Gasteiger partial charge >= 0.3 is 21.0 Å². The molecule has 2 aliphatic carbocycles. The second-order valence-electron chi connectivity index (χ2n) is 6.39. The van der Waals surface area contributed by atoms with Crippen LogP contribution >= 0.6 is 0 Å². The Morgan fingerprint density at radius 1 is 0.531 bits per heavy atom. The standard InChI is InChI=1S/2C13H11NO.O.V/c2*15-13-9-5-4-6-11(13)10-14-12-7-2-1-3-8-12;;/h2*1-10,14H;;. The molecule has 0 radical (unpaired) electrons. The molecule has 0 heterocycles. The SMILES string of the molecule is O=C1C=CC=CC1=CNc1ccccc1.O=C1C=CC=CC1=CNc1ccccc1.[O]=[V]. The first kappa shape index (κ1) is 24.5. The van der Waals surface area contributed by atoms with Crippen molar-refractivity contribution in [3.8, 4) is 0 Å². The normalized spacial score (nSPS) is 16.1. The summed E-state index contributed by atoms with van der Waals surface area (Å²) in [5.74, 6) is 0.0573. The van der Waals surface area contributed by atoms with E-state index in [4.69, 9.17) is 3.67 Å². The Morgan fingerprint density at radius 2 is 0.875 bits per heavy atom. The number of ketones is 2. The number of hydrogen-bond donors (Lipinski definition) is 2. The van der Waals surface area contributed by atoms with E-state index < -0.39 is 0 Å². The average molecular weight is 461 g/mol. The number of para-hydroxylation sites is 2. The molecular formula is C26H22N2O3V. The molecular weight excluding hydrogens is 439 g/mol. The number of hydrogen-bond acceptors (Lipinski definition) is 5. The summed E-state index contributed by atoms with van der Waals surface area (Å²) >= 11 is 1.06. The van der Waals surface area contributed by atoms with E-state index in [2.05, 4.69) is 10.6 Å². The number of carbonyl (C=O) groups is 2. The molecule has 0 bridgehead atoms. The minimum atomic E-state index is 0.0286. The zero-order valence-corrected chi connectivity index (χ0v) is 18.6. The van der Waals surface area contributed by atoms with E-state index >= 15 is 0 Å². The fourth-order valence-electron chi connectivity index (χ4n) is 2.59. The summed E-state index contributed by atoms with van der Waals surface area (Å²) in [7, 11) is 0. The van der Waals surface area contributed by atoms with Crippen molar-refractivity contribution in [1.29, 1.82) is 0 Å². The van der Waals surface area contributed by atoms with Crippen molar-refractivity contribution in [3.63, 3.8) is 0 Å². The molecule has 6 heteroatoms. The number of carbonyl (C=O) groups excluding carboxylic acids is 2. The average Bonchev–Trinajstić information content (AvgIpc) is 2.86. The van der Waals surface area contributed by atoms with Crippen LogP contribution in [0.4, 0.5) is 11.4 Å². The maximum absolute atomic E-state index is 11.4. The predicted octanol–water partition coefficient (Wildman–Crippen LogP) is 5.23. The van der Waals surface area contributed by atoms with Gasteiger partial charge in [0.1, 0.15) is 0 Å². The van der Waals surface area contributed by atoms with Crippen molar-refractivity contribution in [2.45, 2.75) is 0 Å². The van der Waals surface area contributed by atoms with Gasteiger partial charge in [0.15, 0.2) is 11.6 Å². The van der Waals surface area contributed by atoms with Crippen LogP contribution in [-0.2, 0) is 30.6 Å². The zero-order chi connectivity index (χ0) is 23.0. The molecule has 32 heavy (non-hydrogen) atoms. The van der Waals surface area contributed by atoms with E-state index in [0.717, 1.165) is 28.7 Å². The molecule has 2 aliphatic rings. The summed E-state index contributed by atoms with van der Waals surface area (Å²) in [4.78, 5) is 22.7. The van der Waals surface area contributed by atoms with Crippen molar-refractivity contribution in [2.24, 2.45) is 0 Å². The van der Waals surface area contributed by atoms with E-state index in [1.807, 2.05) is 72.8 Å². The number of benzene rings is 2. The molecule has 2 N–H and O–H groups in total. The molecule has 4 rings (SSSR count). The van der Waals surface area contributed by atoms with Gasteiger partial charge in [-0.15, -0.1) is 0 Å². The van der Waals surface area contributed by atoms with E-state index in [1.54, 1.807) is 48.9 Å². The summed E-state index contributed by atoms with van der Waals surface area (Å²) < 4.78 is 8.19. The van der Waals surface area contributed by atoms with Crippen LogP contribution in [0, 0.1) is 0 Å². The van der Waals surface area contributed by atoms with Crippen molar-refractivity contribution in [3.05, 3.63) is 133 Å². The molecule has 0 aliphatic heterocycles. The van der Waals surface area contributed by atoms with Gasteiger partial charge in [0.25, 0.3) is 0 Å². The van der Waals surface area contributed by atoms with Crippen LogP contribution in [0.25, 0.3) is 0 Å². The second-order valence-corrected chi connectivity index (χ2v) is 6.39. The Labute approximate surface area is 196 Å². The van der Waals surface area contributed by atoms with Crippen LogP contribution in [0.15, 0.2) is 133 Å². The summed E-state index contributed by atoms with van der Waals surface area (Å²) in [5, 5.41) is 6.15. The Kier molecular flexibility index (Phi) is 10.9. The fraction of sp³-hybridized carbons (Fsp3) is 0. The van der Waals surface area contributed by atoms with E-state index in [1.165, 1.54) is 0 Å². The van der Waals surface area contributed by atoms with Crippen LogP contribution in [-0.4, -0.2) is 11.6 Å². The first-order valence-electron chi connectivity index (χ1n) is 9.72. The molecule has 2 aromatic carbocycles. The molecule has 0 fully saturated rings. The van der Waals surface area contributed by atoms with Crippen molar-refractivity contribution >= 4 is 22.9 Å². The second kappa shape index (κ2) is 14.3. The van der Waals surface area contributed by atoms with Gasteiger partial charge in [0.05, 0.1) is 0 Å². The van der Waals surface area contributed by atoms with E-state index in [9.17, 15) is 9.59 Å². The van der Waals surface area contributed by atoms with E-state index in [0.29, 0.717) is 11.1 Å². The van der Waals surface area contributed by atoms with Gasteiger partial charge < -0.3 is 10.6 Å². The first-order chi connectivity index (χ1) is 15.7. The van der Waals surface area contributed by atoms with Gasteiger partial charge in [-0.3, -0.25) is 9.59 Å². The monoisotopic (exact) mass is 461 g/mol. The number of allylic oxidation sites excluding steroid dienone is 10. The summed E-state index contributed by atoms with van der Waals surface area (Å²) in [5.41, 5.74) is 3.28. The van der Waals surface area contributed by atoms with Crippen molar-refractivity contribution in [2.75, 3.05) is 10.6 Å². The maximum atomic E-state index is 11.4. The van der Waals surface area contributed by atoms with Crippen molar-refractivity contribution in [1.82, 2.24) is 0 Å². The van der Waals surface area contributed by atoms with E-state index in [-0.39, 0.29) is 11.6 Å².